The summed E-state index contributed by atoms with van der Waals surface area (Å²) in [5, 5.41) is 20.4. The Morgan fingerprint density at radius 3 is 0.941 bits per heavy atom. The molecule has 0 spiro atoms. The van der Waals surface area contributed by atoms with Crippen LogP contribution in [-0.4, -0.2) is 22.4 Å². The molecule has 2 N–H and O–H groups in total. The van der Waals surface area contributed by atoms with E-state index >= 15 is 0 Å². The average Bonchev–Trinajstić information content (AvgIpc) is 2.23. The van der Waals surface area contributed by atoms with Crippen LogP contribution in [0.5, 0.6) is 0 Å². The molecule has 0 saturated heterocycles. The second-order valence-corrected chi connectivity index (χ2v) is 6.05. The van der Waals surface area contributed by atoms with Gasteiger partial charge in [-0.3, -0.25) is 0 Å². The van der Waals surface area contributed by atoms with Crippen LogP contribution in [0.2, 0.25) is 0 Å². The zero-order valence-electron chi connectivity index (χ0n) is 12.5. The zero-order valence-corrected chi connectivity index (χ0v) is 17.3. The number of hydrogen-bond acceptors (Lipinski definition) is 2. The van der Waals surface area contributed by atoms with Gasteiger partial charge in [-0.15, -0.1) is 0 Å². The predicted molar refractivity (Wildman–Crippen MR) is 69.2 cm³/mol. The molecule has 0 rings (SSSR count). The molecule has 0 saturated carbocycles. The van der Waals surface area contributed by atoms with Gasteiger partial charge in [-0.1, -0.05) is 48.5 Å². The Morgan fingerprint density at radius 2 is 0.765 bits per heavy atom. The topological polar surface area (TPSA) is 40.5 Å². The van der Waals surface area contributed by atoms with Crippen LogP contribution >= 0.6 is 0 Å². The Balaban J connectivity index is 0. The van der Waals surface area contributed by atoms with Gasteiger partial charge in [0.1, 0.15) is 0 Å². The quantitative estimate of drug-likeness (QED) is 0.644. The van der Waals surface area contributed by atoms with Crippen LogP contribution in [0.15, 0.2) is 0 Å². The van der Waals surface area contributed by atoms with Crippen molar-refractivity contribution in [2.45, 2.75) is 60.7 Å². The third-order valence-electron chi connectivity index (χ3n) is 4.26. The van der Waals surface area contributed by atoms with Crippen molar-refractivity contribution in [3.63, 3.8) is 0 Å². The largest absolute Gasteiger partial charge is 0.392 e. The van der Waals surface area contributed by atoms with Crippen molar-refractivity contribution in [3.8, 4) is 0 Å². The Kier molecular flexibility index (Phi) is 11.3. The summed E-state index contributed by atoms with van der Waals surface area (Å²) in [5.41, 5.74) is 0. The van der Waals surface area contributed by atoms with Gasteiger partial charge in [0.05, 0.1) is 12.2 Å². The van der Waals surface area contributed by atoms with Gasteiger partial charge < -0.3 is 10.2 Å². The first-order valence-electron chi connectivity index (χ1n) is 6.56. The minimum Gasteiger partial charge on any atom is -0.392 e. The van der Waals surface area contributed by atoms with Gasteiger partial charge in [-0.2, -0.15) is 0 Å². The van der Waals surface area contributed by atoms with Crippen molar-refractivity contribution < 1.29 is 54.3 Å². The van der Waals surface area contributed by atoms with Crippen LogP contribution < -0.4 is 0 Å². The van der Waals surface area contributed by atoms with Gasteiger partial charge in [0.2, 0.25) is 0 Å². The van der Waals surface area contributed by atoms with E-state index in [1.807, 2.05) is 6.92 Å². The van der Waals surface area contributed by atoms with E-state index < -0.39 is 12.2 Å². The molecule has 0 aliphatic carbocycles. The van der Waals surface area contributed by atoms with Crippen LogP contribution in [0.4, 0.5) is 0 Å². The molecule has 0 heterocycles. The van der Waals surface area contributed by atoms with E-state index in [0.717, 1.165) is 0 Å². The molecule has 101 valence electrons. The summed E-state index contributed by atoms with van der Waals surface area (Å²) in [6, 6.07) is 0. The predicted octanol–water partition coefficient (Wildman–Crippen LogP) is 2.93. The van der Waals surface area contributed by atoms with E-state index in [9.17, 15) is 10.2 Å². The fourth-order valence-corrected chi connectivity index (χ4v) is 1.95. The van der Waals surface area contributed by atoms with Crippen molar-refractivity contribution >= 4 is 0 Å². The first-order chi connectivity index (χ1) is 7.20. The van der Waals surface area contributed by atoms with Crippen LogP contribution in [0.25, 0.3) is 0 Å². The molecule has 0 amide bonds. The van der Waals surface area contributed by atoms with Crippen molar-refractivity contribution in [2.75, 3.05) is 0 Å². The smallest absolute Gasteiger partial charge is 0.0618 e. The Morgan fingerprint density at radius 1 is 0.529 bits per heavy atom. The molecule has 2 nitrogen and oxygen atoms in total. The summed E-state index contributed by atoms with van der Waals surface area (Å²) in [7, 11) is 0. The molecular weight excluding hydrogens is 427 g/mol. The van der Waals surface area contributed by atoms with Gasteiger partial charge in [-0.05, 0) is 23.7 Å². The molecule has 0 fully saturated rings. The van der Waals surface area contributed by atoms with Gasteiger partial charge in [-0.25, -0.2) is 0 Å². The van der Waals surface area contributed by atoms with Gasteiger partial charge in [0.25, 0.3) is 0 Å². The molecule has 3 heteroatoms. The summed E-state index contributed by atoms with van der Waals surface area (Å²) >= 11 is 0. The third kappa shape index (κ3) is 6.37. The second kappa shape index (κ2) is 9.29. The summed E-state index contributed by atoms with van der Waals surface area (Å²) in [4.78, 5) is 0. The van der Waals surface area contributed by atoms with Gasteiger partial charge in [0.15, 0.2) is 0 Å². The monoisotopic (exact) mass is 457 g/mol. The Hall–Kier alpha value is 1.36. The normalized spacial score (nSPS) is 20.6. The third-order valence-corrected chi connectivity index (χ3v) is 4.26. The van der Waals surface area contributed by atoms with Crippen LogP contribution in [0.1, 0.15) is 48.5 Å². The summed E-state index contributed by atoms with van der Waals surface area (Å²) < 4.78 is 0. The molecule has 0 aromatic carbocycles. The van der Waals surface area contributed by atoms with E-state index in [-0.39, 0.29) is 61.8 Å². The molecule has 0 aliphatic heterocycles. The molecule has 4 unspecified atom stereocenters. The molecule has 17 heavy (non-hydrogen) atoms. The number of aliphatic hydroxyl groups excluding tert-OH is 2. The summed E-state index contributed by atoms with van der Waals surface area (Å²) in [6.45, 7) is 14.5. The molecule has 0 aliphatic rings. The minimum absolute atomic E-state index is 0. The maximum atomic E-state index is 10.2. The van der Waals surface area contributed by atoms with E-state index in [2.05, 4.69) is 41.5 Å². The van der Waals surface area contributed by atoms with Crippen LogP contribution in [0.3, 0.4) is 0 Å². The molecular formula is C14H30AcO2. The van der Waals surface area contributed by atoms with E-state index in [1.54, 1.807) is 0 Å². The van der Waals surface area contributed by atoms with Crippen molar-refractivity contribution in [2.24, 2.45) is 29.6 Å². The average molecular weight is 457 g/mol. The SMILES string of the molecule is CC(C)C(C)C(O)C(C)C(O)C(C)C(C)C.[Ac]. The maximum Gasteiger partial charge on any atom is 0.0618 e. The summed E-state index contributed by atoms with van der Waals surface area (Å²) in [6.07, 6.45) is -0.840. The minimum atomic E-state index is -0.420. The zero-order chi connectivity index (χ0) is 13.0. The number of rotatable bonds is 6. The molecule has 0 aromatic rings. The molecule has 1 radical (unpaired) electrons. The van der Waals surface area contributed by atoms with E-state index in [4.69, 9.17) is 0 Å². The first kappa shape index (κ1) is 20.7. The Labute approximate surface area is 143 Å². The van der Waals surface area contributed by atoms with Gasteiger partial charge >= 0.3 is 0 Å². The molecule has 4 atom stereocenters. The fraction of sp³-hybridized carbons (Fsp3) is 1.00. The van der Waals surface area contributed by atoms with Crippen LogP contribution in [-0.2, 0) is 0 Å². The summed E-state index contributed by atoms with van der Waals surface area (Å²) in [5.74, 6) is 1.28. The number of hydrogen-bond donors (Lipinski definition) is 2. The standard InChI is InChI=1S/C14H30O2.Ac/c1-8(2)10(5)13(15)12(7)14(16)11(6)9(3)4;/h8-16H,1-7H3;. The molecule has 0 aromatic heterocycles. The van der Waals surface area contributed by atoms with Crippen molar-refractivity contribution in [1.29, 1.82) is 0 Å². The van der Waals surface area contributed by atoms with E-state index in [0.29, 0.717) is 11.8 Å². The Bertz CT molecular complexity index is 175. The second-order valence-electron chi connectivity index (χ2n) is 6.05. The fourth-order valence-electron chi connectivity index (χ4n) is 1.95. The first-order valence-corrected chi connectivity index (χ1v) is 6.56. The molecule has 0 bridgehead atoms. The van der Waals surface area contributed by atoms with E-state index in [1.165, 1.54) is 0 Å². The van der Waals surface area contributed by atoms with Gasteiger partial charge in [0, 0.05) is 50.0 Å². The van der Waals surface area contributed by atoms with Crippen LogP contribution in [0, 0.1) is 73.7 Å². The number of aliphatic hydroxyl groups is 2. The van der Waals surface area contributed by atoms with Crippen molar-refractivity contribution in [3.05, 3.63) is 0 Å². The van der Waals surface area contributed by atoms with Crippen molar-refractivity contribution in [1.82, 2.24) is 0 Å². The maximum absolute atomic E-state index is 10.2.